The second-order valence-corrected chi connectivity index (χ2v) is 7.73. The molecule has 0 aliphatic heterocycles. The Labute approximate surface area is 169 Å². The third-order valence-corrected chi connectivity index (χ3v) is 5.89. The Kier molecular flexibility index (Phi) is 4.95. The van der Waals surface area contributed by atoms with Crippen LogP contribution < -0.4 is 5.56 Å². The maximum Gasteiger partial charge on any atom is 0.300 e. The van der Waals surface area contributed by atoms with E-state index in [4.69, 9.17) is 23.2 Å². The van der Waals surface area contributed by atoms with Crippen molar-refractivity contribution in [3.8, 4) is 5.69 Å². The number of hydrogen-bond donors (Lipinski definition) is 0. The summed E-state index contributed by atoms with van der Waals surface area (Å²) in [7, 11) is 0. The highest BCUT2D eigenvalue weighted by Gasteiger charge is 2.13. The molecule has 0 saturated carbocycles. The van der Waals surface area contributed by atoms with Crippen molar-refractivity contribution < 1.29 is 0 Å². The van der Waals surface area contributed by atoms with Crippen molar-refractivity contribution in [3.05, 3.63) is 86.4 Å². The van der Waals surface area contributed by atoms with Gasteiger partial charge in [-0.05, 0) is 42.3 Å². The van der Waals surface area contributed by atoms with Crippen LogP contribution in [0.5, 0.6) is 0 Å². The van der Waals surface area contributed by atoms with Crippen LogP contribution in [0.4, 0.5) is 0 Å². The predicted octanol–water partition coefficient (Wildman–Crippen LogP) is 4.79. The minimum absolute atomic E-state index is 0.242. The van der Waals surface area contributed by atoms with Gasteiger partial charge in [-0.1, -0.05) is 53.2 Å². The molecule has 136 valence electrons. The van der Waals surface area contributed by atoms with Crippen LogP contribution in [0.15, 0.2) is 64.8 Å². The predicted molar refractivity (Wildman–Crippen MR) is 109 cm³/mol. The molecule has 4 rings (SSSR count). The molecule has 4 aromatic rings. The number of rotatable bonds is 4. The molecule has 2 heterocycles. The van der Waals surface area contributed by atoms with Crippen molar-refractivity contribution >= 4 is 40.6 Å². The van der Waals surface area contributed by atoms with Gasteiger partial charge in [0, 0.05) is 28.2 Å². The molecule has 0 amide bonds. The van der Waals surface area contributed by atoms with Crippen molar-refractivity contribution in [1.29, 1.82) is 0 Å². The Balaban J connectivity index is 1.68. The Morgan fingerprint density at radius 2 is 1.81 bits per heavy atom. The van der Waals surface area contributed by atoms with E-state index in [1.165, 1.54) is 11.8 Å². The van der Waals surface area contributed by atoms with Crippen LogP contribution in [0.25, 0.3) is 11.3 Å². The largest absolute Gasteiger partial charge is 0.300 e. The van der Waals surface area contributed by atoms with E-state index in [0.717, 1.165) is 16.8 Å². The third kappa shape index (κ3) is 3.48. The number of benzene rings is 2. The fourth-order valence-electron chi connectivity index (χ4n) is 2.74. The molecule has 0 aliphatic rings. The highest BCUT2D eigenvalue weighted by Crippen LogP contribution is 2.23. The number of hydrogen-bond acceptors (Lipinski definition) is 4. The van der Waals surface area contributed by atoms with Gasteiger partial charge in [0.15, 0.2) is 5.16 Å². The normalized spacial score (nSPS) is 11.2. The molecule has 0 radical (unpaired) electrons. The molecule has 0 atom stereocenters. The fraction of sp³-hybridized carbons (Fsp3) is 0.105. The summed E-state index contributed by atoms with van der Waals surface area (Å²) in [6.45, 7) is 1.88. The molecule has 0 aliphatic carbocycles. The summed E-state index contributed by atoms with van der Waals surface area (Å²) in [4.78, 5) is 12.9. The molecule has 8 heteroatoms. The zero-order valence-corrected chi connectivity index (χ0v) is 16.6. The lowest BCUT2D eigenvalue weighted by atomic mass is 10.2. The van der Waals surface area contributed by atoms with Gasteiger partial charge in [0.2, 0.25) is 5.65 Å². The summed E-state index contributed by atoms with van der Waals surface area (Å²) in [5, 5.41) is 10.2. The van der Waals surface area contributed by atoms with Crippen molar-refractivity contribution in [2.45, 2.75) is 17.8 Å². The molecule has 0 fully saturated rings. The fourth-order valence-corrected chi connectivity index (χ4v) is 3.91. The molecule has 0 N–H and O–H groups in total. The first-order valence-electron chi connectivity index (χ1n) is 8.14. The van der Waals surface area contributed by atoms with Crippen molar-refractivity contribution in [1.82, 2.24) is 19.2 Å². The number of halogens is 2. The van der Waals surface area contributed by atoms with Gasteiger partial charge in [-0.15, -0.1) is 10.2 Å². The van der Waals surface area contributed by atoms with E-state index in [2.05, 4.69) is 10.2 Å². The number of thioether (sulfide) groups is 1. The maximum atomic E-state index is 12.9. The quantitative estimate of drug-likeness (QED) is 0.448. The Morgan fingerprint density at radius 3 is 2.59 bits per heavy atom. The van der Waals surface area contributed by atoms with E-state index in [0.29, 0.717) is 21.0 Å². The Bertz CT molecular complexity index is 1180. The van der Waals surface area contributed by atoms with Crippen LogP contribution in [0, 0.1) is 6.92 Å². The second-order valence-electron chi connectivity index (χ2n) is 5.95. The number of nitrogens with zero attached hydrogens (tertiary/aromatic N) is 4. The topological polar surface area (TPSA) is 52.2 Å². The van der Waals surface area contributed by atoms with Gasteiger partial charge < -0.3 is 0 Å². The zero-order valence-electron chi connectivity index (χ0n) is 14.3. The molecule has 2 aromatic heterocycles. The molecule has 27 heavy (non-hydrogen) atoms. The second kappa shape index (κ2) is 7.38. The molecule has 5 nitrogen and oxygen atoms in total. The van der Waals surface area contributed by atoms with Gasteiger partial charge in [-0.2, -0.15) is 0 Å². The highest BCUT2D eigenvalue weighted by molar-refractivity contribution is 7.98. The standard InChI is InChI=1S/C19H14Cl2N4OS/c1-12-15(21)3-2-4-16(12)24-9-10-25-17(18(24)26)22-23-19(25)27-11-13-5-7-14(20)8-6-13/h2-10H,11H2,1H3. The Morgan fingerprint density at radius 1 is 1.04 bits per heavy atom. The average Bonchev–Trinajstić information content (AvgIpc) is 3.08. The zero-order chi connectivity index (χ0) is 19.0. The summed E-state index contributed by atoms with van der Waals surface area (Å²) in [6, 6.07) is 13.1. The van der Waals surface area contributed by atoms with Gasteiger partial charge >= 0.3 is 5.56 Å². The van der Waals surface area contributed by atoms with Gasteiger partial charge in [-0.25, -0.2) is 0 Å². The van der Waals surface area contributed by atoms with Gasteiger partial charge in [0.25, 0.3) is 0 Å². The monoisotopic (exact) mass is 416 g/mol. The molecular formula is C19H14Cl2N4OS. The van der Waals surface area contributed by atoms with Crippen molar-refractivity contribution in [2.75, 3.05) is 0 Å². The molecule has 0 unspecified atom stereocenters. The van der Waals surface area contributed by atoms with E-state index >= 15 is 0 Å². The number of aromatic nitrogens is 4. The maximum absolute atomic E-state index is 12.9. The van der Waals surface area contributed by atoms with E-state index < -0.39 is 0 Å². The number of fused-ring (bicyclic) bond motifs is 1. The van der Waals surface area contributed by atoms with E-state index in [1.807, 2.05) is 43.3 Å². The average molecular weight is 417 g/mol. The van der Waals surface area contributed by atoms with Crippen LogP contribution in [0.2, 0.25) is 10.0 Å². The van der Waals surface area contributed by atoms with Crippen LogP contribution in [0.1, 0.15) is 11.1 Å². The summed E-state index contributed by atoms with van der Waals surface area (Å²) in [6.07, 6.45) is 3.50. The summed E-state index contributed by atoms with van der Waals surface area (Å²) >= 11 is 13.6. The lowest BCUT2D eigenvalue weighted by Crippen LogP contribution is -2.21. The minimum Gasteiger partial charge on any atom is -0.279 e. The first-order chi connectivity index (χ1) is 13.0. The minimum atomic E-state index is -0.242. The first-order valence-corrected chi connectivity index (χ1v) is 9.88. The summed E-state index contributed by atoms with van der Waals surface area (Å²) < 4.78 is 3.25. The smallest absolute Gasteiger partial charge is 0.279 e. The molecule has 0 spiro atoms. The van der Waals surface area contributed by atoms with Gasteiger partial charge in [0.05, 0.1) is 5.69 Å². The first kappa shape index (κ1) is 18.1. The van der Waals surface area contributed by atoms with Gasteiger partial charge in [0.1, 0.15) is 0 Å². The highest BCUT2D eigenvalue weighted by atomic mass is 35.5. The molecule has 2 aromatic carbocycles. The van der Waals surface area contributed by atoms with Crippen molar-refractivity contribution in [3.63, 3.8) is 0 Å². The lowest BCUT2D eigenvalue weighted by Gasteiger charge is -2.10. The van der Waals surface area contributed by atoms with E-state index in [9.17, 15) is 4.79 Å². The van der Waals surface area contributed by atoms with Crippen LogP contribution >= 0.6 is 35.0 Å². The third-order valence-electron chi connectivity index (χ3n) is 4.22. The summed E-state index contributed by atoms with van der Waals surface area (Å²) in [5.41, 5.74) is 2.71. The van der Waals surface area contributed by atoms with E-state index in [1.54, 1.807) is 27.4 Å². The van der Waals surface area contributed by atoms with Gasteiger partial charge in [-0.3, -0.25) is 13.8 Å². The Hall–Kier alpha value is -2.28. The molecular weight excluding hydrogens is 403 g/mol. The lowest BCUT2D eigenvalue weighted by molar-refractivity contribution is 0.890. The van der Waals surface area contributed by atoms with Crippen LogP contribution in [0.3, 0.4) is 0 Å². The van der Waals surface area contributed by atoms with Crippen molar-refractivity contribution in [2.24, 2.45) is 0 Å². The molecule has 0 saturated heterocycles. The molecule has 0 bridgehead atoms. The SMILES string of the molecule is Cc1c(Cl)cccc1-n1ccn2c(SCc3ccc(Cl)cc3)nnc2c1=O. The van der Waals surface area contributed by atoms with E-state index in [-0.39, 0.29) is 11.2 Å². The van der Waals surface area contributed by atoms with Crippen LogP contribution in [-0.4, -0.2) is 19.2 Å². The summed E-state index contributed by atoms with van der Waals surface area (Å²) in [5.74, 6) is 0.703. The van der Waals surface area contributed by atoms with Crippen LogP contribution in [-0.2, 0) is 5.75 Å².